The number of halogens is 4. The molecule has 0 saturated heterocycles. The predicted octanol–water partition coefficient (Wildman–Crippen LogP) is 3.30. The Labute approximate surface area is 139 Å². The summed E-state index contributed by atoms with van der Waals surface area (Å²) in [6.07, 6.45) is 0.280. The number of ether oxygens (including phenoxy) is 1. The van der Waals surface area contributed by atoms with Crippen molar-refractivity contribution in [2.75, 3.05) is 13.2 Å². The molecule has 0 bridgehead atoms. The van der Waals surface area contributed by atoms with Crippen LogP contribution in [0, 0.1) is 0 Å². The number of hydrogen-bond acceptors (Lipinski definition) is 3. The Morgan fingerprint density at radius 1 is 1.35 bits per heavy atom. The van der Waals surface area contributed by atoms with Crippen LogP contribution in [0.2, 0.25) is 15.1 Å². The van der Waals surface area contributed by atoms with E-state index in [1.54, 1.807) is 19.1 Å². The number of nitrogens with two attached hydrogens (primary N) is 1. The molecule has 1 aromatic rings. The zero-order valence-electron chi connectivity index (χ0n) is 10.8. The number of rotatable bonds is 6. The highest BCUT2D eigenvalue weighted by atomic mass is 35.5. The van der Waals surface area contributed by atoms with E-state index >= 15 is 0 Å². The molecule has 114 valence electrons. The minimum atomic E-state index is -0.166. The van der Waals surface area contributed by atoms with Crippen LogP contribution in [0.5, 0.6) is 5.75 Å². The smallest absolute Gasteiger partial charge is 0.221 e. The lowest BCUT2D eigenvalue weighted by Crippen LogP contribution is -2.32. The van der Waals surface area contributed by atoms with Gasteiger partial charge in [-0.15, -0.1) is 12.4 Å². The number of benzene rings is 1. The molecular formula is C12H16Cl4N2O2. The number of carbonyl (C=O) groups excluding carboxylic acids is 1. The van der Waals surface area contributed by atoms with Crippen LogP contribution in [0.3, 0.4) is 0 Å². The van der Waals surface area contributed by atoms with Crippen LogP contribution >= 0.6 is 47.2 Å². The van der Waals surface area contributed by atoms with Gasteiger partial charge < -0.3 is 15.8 Å². The van der Waals surface area contributed by atoms with Crippen LogP contribution in [0.25, 0.3) is 0 Å². The Bertz CT molecular complexity index is 432. The molecule has 0 heterocycles. The Morgan fingerprint density at radius 3 is 2.40 bits per heavy atom. The first-order valence-corrected chi connectivity index (χ1v) is 6.83. The highest BCUT2D eigenvalue weighted by molar-refractivity contribution is 6.40. The molecule has 1 rings (SSSR count). The zero-order chi connectivity index (χ0) is 14.4. The van der Waals surface area contributed by atoms with Crippen LogP contribution in [-0.4, -0.2) is 25.1 Å². The van der Waals surface area contributed by atoms with Gasteiger partial charge in [0, 0.05) is 17.5 Å². The third-order valence-corrected chi connectivity index (χ3v) is 2.92. The summed E-state index contributed by atoms with van der Waals surface area (Å²) in [5, 5.41) is 3.78. The normalized spacial score (nSPS) is 11.4. The topological polar surface area (TPSA) is 64.4 Å². The van der Waals surface area contributed by atoms with E-state index in [4.69, 9.17) is 45.3 Å². The fraction of sp³-hybridized carbons (Fsp3) is 0.417. The first kappa shape index (κ1) is 19.6. The van der Waals surface area contributed by atoms with Crippen LogP contribution in [0.1, 0.15) is 13.3 Å². The summed E-state index contributed by atoms with van der Waals surface area (Å²) < 4.78 is 5.41. The summed E-state index contributed by atoms with van der Waals surface area (Å²) in [4.78, 5) is 11.3. The molecule has 0 fully saturated rings. The van der Waals surface area contributed by atoms with Crippen molar-refractivity contribution in [2.24, 2.45) is 5.73 Å². The van der Waals surface area contributed by atoms with Crippen molar-refractivity contribution in [2.45, 2.75) is 19.4 Å². The Balaban J connectivity index is 0.00000361. The number of carbonyl (C=O) groups is 1. The van der Waals surface area contributed by atoms with E-state index in [9.17, 15) is 4.79 Å². The standard InChI is InChI=1S/C12H15Cl3N2O2.ClH/c1-7(16)4-11(18)17-2-3-19-12-9(14)5-8(13)6-10(12)15;/h5-7H,2-4,16H2,1H3,(H,17,18);1H. The third-order valence-electron chi connectivity index (χ3n) is 2.14. The van der Waals surface area contributed by atoms with Crippen molar-refractivity contribution in [1.29, 1.82) is 0 Å². The van der Waals surface area contributed by atoms with Gasteiger partial charge in [0.15, 0.2) is 5.75 Å². The maximum Gasteiger partial charge on any atom is 0.221 e. The molecule has 20 heavy (non-hydrogen) atoms. The van der Waals surface area contributed by atoms with E-state index in [0.717, 1.165) is 0 Å². The molecular weight excluding hydrogens is 346 g/mol. The fourth-order valence-corrected chi connectivity index (χ4v) is 2.30. The molecule has 0 spiro atoms. The molecule has 3 N–H and O–H groups in total. The average Bonchev–Trinajstić information content (AvgIpc) is 2.25. The van der Waals surface area contributed by atoms with Crippen LogP contribution in [-0.2, 0) is 4.79 Å². The first-order chi connectivity index (χ1) is 8.90. The maximum atomic E-state index is 11.3. The van der Waals surface area contributed by atoms with Crippen LogP contribution in [0.4, 0.5) is 0 Å². The zero-order valence-corrected chi connectivity index (χ0v) is 13.9. The molecule has 0 aliphatic heterocycles. The van der Waals surface area contributed by atoms with E-state index in [-0.39, 0.29) is 37.4 Å². The Morgan fingerprint density at radius 2 is 1.90 bits per heavy atom. The number of hydrogen-bond donors (Lipinski definition) is 2. The summed E-state index contributed by atoms with van der Waals surface area (Å²) in [7, 11) is 0. The van der Waals surface area contributed by atoms with Gasteiger partial charge in [0.1, 0.15) is 6.61 Å². The van der Waals surface area contributed by atoms with Crippen molar-refractivity contribution in [3.63, 3.8) is 0 Å². The third kappa shape index (κ3) is 6.86. The number of amides is 1. The lowest BCUT2D eigenvalue weighted by Gasteiger charge is -2.11. The summed E-state index contributed by atoms with van der Waals surface area (Å²) in [6, 6.07) is 2.92. The highest BCUT2D eigenvalue weighted by Crippen LogP contribution is 2.35. The molecule has 4 nitrogen and oxygen atoms in total. The van der Waals surface area contributed by atoms with E-state index in [0.29, 0.717) is 27.4 Å². The summed E-state index contributed by atoms with van der Waals surface area (Å²) in [5.41, 5.74) is 5.50. The molecule has 1 amide bonds. The second-order valence-corrected chi connectivity index (χ2v) is 5.33. The minimum Gasteiger partial charge on any atom is -0.489 e. The van der Waals surface area contributed by atoms with Gasteiger partial charge in [0.25, 0.3) is 0 Å². The van der Waals surface area contributed by atoms with Gasteiger partial charge in [-0.3, -0.25) is 4.79 Å². The molecule has 1 unspecified atom stereocenters. The minimum absolute atomic E-state index is 0. The molecule has 1 atom stereocenters. The van der Waals surface area contributed by atoms with Gasteiger partial charge in [0.2, 0.25) is 5.91 Å². The van der Waals surface area contributed by atoms with Gasteiger partial charge in [-0.25, -0.2) is 0 Å². The monoisotopic (exact) mass is 360 g/mol. The van der Waals surface area contributed by atoms with Gasteiger partial charge >= 0.3 is 0 Å². The Kier molecular flexibility index (Phi) is 9.34. The SMILES string of the molecule is CC(N)CC(=O)NCCOc1c(Cl)cc(Cl)cc1Cl.Cl. The Hall–Kier alpha value is -0.390. The van der Waals surface area contributed by atoms with E-state index in [2.05, 4.69) is 5.32 Å². The van der Waals surface area contributed by atoms with Crippen LogP contribution < -0.4 is 15.8 Å². The van der Waals surface area contributed by atoms with Crippen molar-refractivity contribution in [1.82, 2.24) is 5.32 Å². The van der Waals surface area contributed by atoms with Gasteiger partial charge in [-0.05, 0) is 19.1 Å². The molecule has 0 aliphatic rings. The number of nitrogens with one attached hydrogen (secondary N) is 1. The predicted molar refractivity (Wildman–Crippen MR) is 85.5 cm³/mol. The highest BCUT2D eigenvalue weighted by Gasteiger charge is 2.09. The summed E-state index contributed by atoms with van der Waals surface area (Å²) in [6.45, 7) is 2.37. The molecule has 0 saturated carbocycles. The fourth-order valence-electron chi connectivity index (χ4n) is 1.37. The quantitative estimate of drug-likeness (QED) is 0.764. The summed E-state index contributed by atoms with van der Waals surface area (Å²) >= 11 is 17.7. The van der Waals surface area contributed by atoms with Gasteiger partial charge in [-0.2, -0.15) is 0 Å². The average molecular weight is 362 g/mol. The second kappa shape index (κ2) is 9.53. The van der Waals surface area contributed by atoms with Crippen LogP contribution in [0.15, 0.2) is 12.1 Å². The van der Waals surface area contributed by atoms with Crippen molar-refractivity contribution in [3.05, 3.63) is 27.2 Å². The van der Waals surface area contributed by atoms with E-state index in [1.165, 1.54) is 0 Å². The van der Waals surface area contributed by atoms with Gasteiger partial charge in [0.05, 0.1) is 16.6 Å². The second-order valence-electron chi connectivity index (χ2n) is 4.08. The van der Waals surface area contributed by atoms with Crippen molar-refractivity contribution < 1.29 is 9.53 Å². The molecule has 0 aromatic heterocycles. The van der Waals surface area contributed by atoms with Gasteiger partial charge in [-0.1, -0.05) is 34.8 Å². The largest absolute Gasteiger partial charge is 0.489 e. The van der Waals surface area contributed by atoms with E-state index in [1.807, 2.05) is 0 Å². The maximum absolute atomic E-state index is 11.3. The lowest BCUT2D eigenvalue weighted by molar-refractivity contribution is -0.121. The molecule has 1 aromatic carbocycles. The van der Waals surface area contributed by atoms with E-state index < -0.39 is 0 Å². The lowest BCUT2D eigenvalue weighted by atomic mass is 10.2. The molecule has 0 aliphatic carbocycles. The first-order valence-electron chi connectivity index (χ1n) is 5.69. The van der Waals surface area contributed by atoms with Crippen molar-refractivity contribution in [3.8, 4) is 5.75 Å². The summed E-state index contributed by atoms with van der Waals surface area (Å²) in [5.74, 6) is 0.237. The molecule has 0 radical (unpaired) electrons. The molecule has 8 heteroatoms. The van der Waals surface area contributed by atoms with Crippen molar-refractivity contribution >= 4 is 53.1 Å².